The zero-order valence-corrected chi connectivity index (χ0v) is 7.75. The third-order valence-electron chi connectivity index (χ3n) is 1.57. The molecule has 0 heterocycles. The molecule has 5 heteroatoms. The number of hydrogen-bond donors (Lipinski definition) is 4. The minimum Gasteiger partial charge on any atom is -0.504 e. The van der Waals surface area contributed by atoms with E-state index in [2.05, 4.69) is 15.9 Å². The minimum atomic E-state index is -0.484. The summed E-state index contributed by atoms with van der Waals surface area (Å²) in [6.07, 6.45) is 0. The highest BCUT2D eigenvalue weighted by Gasteiger charge is 2.18. The van der Waals surface area contributed by atoms with Crippen LogP contribution in [0.2, 0.25) is 0 Å². The van der Waals surface area contributed by atoms with Gasteiger partial charge >= 0.3 is 0 Å². The molecule has 4 N–H and O–H groups in total. The summed E-state index contributed by atoms with van der Waals surface area (Å²) < 4.78 is -0.122. The average molecular weight is 235 g/mol. The molecule has 0 atom stereocenters. The highest BCUT2D eigenvalue weighted by Crippen LogP contribution is 2.48. The van der Waals surface area contributed by atoms with E-state index in [0.29, 0.717) is 0 Å². The molecule has 1 aromatic rings. The van der Waals surface area contributed by atoms with Gasteiger partial charge in [-0.05, 0) is 22.9 Å². The molecule has 0 radical (unpaired) electrons. The third kappa shape index (κ3) is 1.06. The zero-order valence-electron chi connectivity index (χ0n) is 6.17. The summed E-state index contributed by atoms with van der Waals surface area (Å²) in [6, 6.07) is 0. The second-order valence-corrected chi connectivity index (χ2v) is 3.13. The summed E-state index contributed by atoms with van der Waals surface area (Å²) in [6.45, 7) is 1.37. The van der Waals surface area contributed by atoms with Crippen molar-refractivity contribution in [2.45, 2.75) is 6.92 Å². The first-order chi connectivity index (χ1) is 5.46. The molecule has 1 rings (SSSR count). The van der Waals surface area contributed by atoms with E-state index >= 15 is 0 Å². The Bertz CT molecular complexity index is 230. The molecule has 1 aromatic carbocycles. The van der Waals surface area contributed by atoms with Crippen molar-refractivity contribution in [1.29, 1.82) is 0 Å². The van der Waals surface area contributed by atoms with E-state index in [4.69, 9.17) is 20.4 Å². The quantitative estimate of drug-likeness (QED) is 0.406. The summed E-state index contributed by atoms with van der Waals surface area (Å²) in [5, 5.41) is 36.5. The van der Waals surface area contributed by atoms with Crippen molar-refractivity contribution in [1.82, 2.24) is 0 Å². The molecule has 4 nitrogen and oxygen atoms in total. The molecule has 0 unspecified atom stereocenters. The Morgan fingerprint density at radius 1 is 0.833 bits per heavy atom. The van der Waals surface area contributed by atoms with Crippen LogP contribution in [0, 0.1) is 6.92 Å². The smallest absolute Gasteiger partial charge is 0.176 e. The first kappa shape index (κ1) is 8.99. The number of rotatable bonds is 0. The predicted octanol–water partition coefficient (Wildman–Crippen LogP) is 1.58. The van der Waals surface area contributed by atoms with Gasteiger partial charge in [0.15, 0.2) is 23.0 Å². The van der Waals surface area contributed by atoms with Gasteiger partial charge < -0.3 is 20.4 Å². The normalized spacial score (nSPS) is 10.2. The average Bonchev–Trinajstić information content (AvgIpc) is 2.08. The van der Waals surface area contributed by atoms with E-state index in [9.17, 15) is 0 Å². The van der Waals surface area contributed by atoms with Crippen molar-refractivity contribution in [3.05, 3.63) is 10.0 Å². The second-order valence-electron chi connectivity index (χ2n) is 2.33. The molecule has 66 valence electrons. The van der Waals surface area contributed by atoms with Crippen molar-refractivity contribution >= 4 is 15.9 Å². The van der Waals surface area contributed by atoms with E-state index in [0.717, 1.165) is 0 Å². The first-order valence-corrected chi connectivity index (χ1v) is 3.88. The van der Waals surface area contributed by atoms with Gasteiger partial charge in [0, 0.05) is 5.56 Å². The molecule has 12 heavy (non-hydrogen) atoms. The van der Waals surface area contributed by atoms with E-state index in [1.54, 1.807) is 0 Å². The van der Waals surface area contributed by atoms with Crippen LogP contribution < -0.4 is 0 Å². The molecule has 0 saturated carbocycles. The minimum absolute atomic E-state index is 0.0354. The molecule has 0 amide bonds. The highest BCUT2D eigenvalue weighted by atomic mass is 79.9. The highest BCUT2D eigenvalue weighted by molar-refractivity contribution is 9.10. The number of phenolic OH excluding ortho intramolecular Hbond substituents is 4. The molecule has 0 aromatic heterocycles. The Balaban J connectivity index is 3.60. The molecule has 0 aliphatic carbocycles. The lowest BCUT2D eigenvalue weighted by atomic mass is 10.1. The monoisotopic (exact) mass is 234 g/mol. The lowest BCUT2D eigenvalue weighted by Gasteiger charge is -2.08. The van der Waals surface area contributed by atoms with Crippen LogP contribution >= 0.6 is 15.9 Å². The van der Waals surface area contributed by atoms with Gasteiger partial charge in [-0.15, -0.1) is 0 Å². The maximum Gasteiger partial charge on any atom is 0.176 e. The molecular formula is C7H7BrO4. The van der Waals surface area contributed by atoms with E-state index < -0.39 is 23.0 Å². The summed E-state index contributed by atoms with van der Waals surface area (Å²) in [5.41, 5.74) is 0.0354. The number of phenols is 4. The van der Waals surface area contributed by atoms with E-state index in [-0.39, 0.29) is 10.0 Å². The Kier molecular flexibility index (Phi) is 2.06. The van der Waals surface area contributed by atoms with Crippen LogP contribution in [-0.4, -0.2) is 20.4 Å². The van der Waals surface area contributed by atoms with Gasteiger partial charge in [-0.25, -0.2) is 0 Å². The molecule has 0 fully saturated rings. The molecular weight excluding hydrogens is 228 g/mol. The SMILES string of the molecule is Cc1c(O)c(O)c(Br)c(O)c1O. The van der Waals surface area contributed by atoms with E-state index in [1.165, 1.54) is 6.92 Å². The Morgan fingerprint density at radius 3 is 1.50 bits per heavy atom. The first-order valence-electron chi connectivity index (χ1n) is 3.08. The molecule has 0 aliphatic rings. The fourth-order valence-corrected chi connectivity index (χ4v) is 1.16. The third-order valence-corrected chi connectivity index (χ3v) is 2.33. The summed E-state index contributed by atoms with van der Waals surface area (Å²) >= 11 is 2.79. The van der Waals surface area contributed by atoms with Crippen molar-refractivity contribution in [2.24, 2.45) is 0 Å². The van der Waals surface area contributed by atoms with Crippen molar-refractivity contribution in [3.8, 4) is 23.0 Å². The van der Waals surface area contributed by atoms with Gasteiger partial charge in [0.1, 0.15) is 4.47 Å². The van der Waals surface area contributed by atoms with Crippen LogP contribution in [0.4, 0.5) is 0 Å². The fourth-order valence-electron chi connectivity index (χ4n) is 0.787. The largest absolute Gasteiger partial charge is 0.504 e. The molecule has 0 aliphatic heterocycles. The van der Waals surface area contributed by atoms with Crippen molar-refractivity contribution in [2.75, 3.05) is 0 Å². The van der Waals surface area contributed by atoms with Crippen LogP contribution in [0.5, 0.6) is 23.0 Å². The van der Waals surface area contributed by atoms with Crippen LogP contribution in [0.25, 0.3) is 0 Å². The topological polar surface area (TPSA) is 80.9 Å². The number of aromatic hydroxyl groups is 4. The second kappa shape index (κ2) is 2.75. The Morgan fingerprint density at radius 2 is 1.17 bits per heavy atom. The Labute approximate surface area is 76.8 Å². The number of hydrogen-bond acceptors (Lipinski definition) is 4. The van der Waals surface area contributed by atoms with Gasteiger partial charge in [0.05, 0.1) is 0 Å². The lowest BCUT2D eigenvalue weighted by Crippen LogP contribution is -1.81. The lowest BCUT2D eigenvalue weighted by molar-refractivity contribution is 0.364. The van der Waals surface area contributed by atoms with Gasteiger partial charge in [-0.3, -0.25) is 0 Å². The van der Waals surface area contributed by atoms with Crippen LogP contribution in [-0.2, 0) is 0 Å². The predicted molar refractivity (Wildman–Crippen MR) is 45.5 cm³/mol. The van der Waals surface area contributed by atoms with Crippen LogP contribution in [0.15, 0.2) is 4.47 Å². The molecule has 0 spiro atoms. The summed E-state index contributed by atoms with van der Waals surface area (Å²) in [7, 11) is 0. The summed E-state index contributed by atoms with van der Waals surface area (Å²) in [5.74, 6) is -1.86. The standard InChI is InChI=1S/C7H7BrO4/c1-2-4(9)6(11)3(8)7(12)5(2)10/h9-12H,1H3. The van der Waals surface area contributed by atoms with Gasteiger partial charge in [-0.1, -0.05) is 0 Å². The van der Waals surface area contributed by atoms with Crippen molar-refractivity contribution < 1.29 is 20.4 Å². The molecule has 0 bridgehead atoms. The maximum atomic E-state index is 9.14. The number of halogens is 1. The van der Waals surface area contributed by atoms with Gasteiger partial charge in [-0.2, -0.15) is 0 Å². The zero-order chi connectivity index (χ0) is 9.46. The van der Waals surface area contributed by atoms with Gasteiger partial charge in [0.25, 0.3) is 0 Å². The molecule has 0 saturated heterocycles. The van der Waals surface area contributed by atoms with Crippen LogP contribution in [0.3, 0.4) is 0 Å². The van der Waals surface area contributed by atoms with Gasteiger partial charge in [0.2, 0.25) is 0 Å². The van der Waals surface area contributed by atoms with E-state index in [1.807, 2.05) is 0 Å². The maximum absolute atomic E-state index is 9.14. The fraction of sp³-hybridized carbons (Fsp3) is 0.143. The number of benzene rings is 1. The summed E-state index contributed by atoms with van der Waals surface area (Å²) in [4.78, 5) is 0. The van der Waals surface area contributed by atoms with Crippen molar-refractivity contribution in [3.63, 3.8) is 0 Å². The Hall–Kier alpha value is -1.10. The van der Waals surface area contributed by atoms with Crippen LogP contribution in [0.1, 0.15) is 5.56 Å².